The van der Waals surface area contributed by atoms with Crippen LogP contribution in [-0.2, 0) is 14.8 Å². The molecule has 4 rings (SSSR count). The second-order valence-corrected chi connectivity index (χ2v) is 9.77. The summed E-state index contributed by atoms with van der Waals surface area (Å²) in [6.45, 7) is 5.20. The molecule has 2 aliphatic rings. The Hall–Kier alpha value is -2.72. The van der Waals surface area contributed by atoms with E-state index >= 15 is 0 Å². The summed E-state index contributed by atoms with van der Waals surface area (Å²) in [6, 6.07) is 7.05. The lowest BCUT2D eigenvalue weighted by molar-refractivity contribution is -0.117. The first-order valence-corrected chi connectivity index (χ1v) is 11.9. The van der Waals surface area contributed by atoms with Gasteiger partial charge in [-0.3, -0.25) is 9.59 Å². The van der Waals surface area contributed by atoms with Crippen LogP contribution < -0.4 is 4.90 Å². The fraction of sp³-hybridized carbons (Fsp3) is 0.476. The first-order chi connectivity index (χ1) is 14.8. The molecule has 3 heterocycles. The van der Waals surface area contributed by atoms with Crippen LogP contribution in [0.1, 0.15) is 41.1 Å². The van der Waals surface area contributed by atoms with Crippen LogP contribution in [0.2, 0.25) is 0 Å². The second-order valence-electron chi connectivity index (χ2n) is 7.90. The van der Waals surface area contributed by atoms with Crippen molar-refractivity contribution >= 4 is 27.5 Å². The summed E-state index contributed by atoms with van der Waals surface area (Å²) in [5, 5.41) is 3.75. The fourth-order valence-electron chi connectivity index (χ4n) is 4.20. The van der Waals surface area contributed by atoms with Crippen LogP contribution in [0.5, 0.6) is 0 Å². The van der Waals surface area contributed by atoms with E-state index in [0.717, 1.165) is 12.1 Å². The zero-order chi connectivity index (χ0) is 22.2. The van der Waals surface area contributed by atoms with Gasteiger partial charge in [0.2, 0.25) is 15.9 Å². The summed E-state index contributed by atoms with van der Waals surface area (Å²) < 4.78 is 32.6. The molecule has 2 fully saturated rings. The van der Waals surface area contributed by atoms with E-state index in [1.807, 2.05) is 0 Å². The van der Waals surface area contributed by atoms with Gasteiger partial charge in [0.1, 0.15) is 10.6 Å². The van der Waals surface area contributed by atoms with Crippen LogP contribution in [0.15, 0.2) is 33.7 Å². The lowest BCUT2D eigenvalue weighted by Gasteiger charge is -2.22. The Morgan fingerprint density at radius 1 is 1.00 bits per heavy atom. The Labute approximate surface area is 181 Å². The van der Waals surface area contributed by atoms with Gasteiger partial charge in [-0.15, -0.1) is 0 Å². The maximum atomic E-state index is 13.1. The van der Waals surface area contributed by atoms with Crippen molar-refractivity contribution in [3.63, 3.8) is 0 Å². The average molecular weight is 447 g/mol. The molecule has 0 spiro atoms. The van der Waals surface area contributed by atoms with E-state index in [1.54, 1.807) is 47.9 Å². The molecule has 2 aliphatic heterocycles. The molecule has 2 saturated heterocycles. The highest BCUT2D eigenvalue weighted by atomic mass is 32.2. The monoisotopic (exact) mass is 446 g/mol. The van der Waals surface area contributed by atoms with Crippen molar-refractivity contribution < 1.29 is 22.5 Å². The minimum absolute atomic E-state index is 0.103. The molecule has 0 bridgehead atoms. The van der Waals surface area contributed by atoms with E-state index < -0.39 is 10.0 Å². The Kier molecular flexibility index (Phi) is 5.85. The number of aromatic nitrogens is 1. The molecule has 10 heteroatoms. The average Bonchev–Trinajstić information content (AvgIpc) is 3.22. The normalized spacial score (nSPS) is 18.5. The van der Waals surface area contributed by atoms with E-state index in [2.05, 4.69) is 5.16 Å². The summed E-state index contributed by atoms with van der Waals surface area (Å²) in [5.74, 6) is 0.230. The van der Waals surface area contributed by atoms with E-state index in [0.29, 0.717) is 50.3 Å². The van der Waals surface area contributed by atoms with Gasteiger partial charge in [-0.25, -0.2) is 8.42 Å². The number of hydrogen-bond acceptors (Lipinski definition) is 6. The van der Waals surface area contributed by atoms with Gasteiger partial charge >= 0.3 is 0 Å². The van der Waals surface area contributed by atoms with Crippen molar-refractivity contribution in [1.29, 1.82) is 0 Å². The number of rotatable bonds is 4. The third-order valence-corrected chi connectivity index (χ3v) is 7.95. The van der Waals surface area contributed by atoms with Crippen molar-refractivity contribution in [2.45, 2.75) is 38.0 Å². The minimum atomic E-state index is -3.74. The molecule has 31 heavy (non-hydrogen) atoms. The maximum Gasteiger partial charge on any atom is 0.253 e. The van der Waals surface area contributed by atoms with Crippen LogP contribution in [0.3, 0.4) is 0 Å². The van der Waals surface area contributed by atoms with Gasteiger partial charge < -0.3 is 14.3 Å². The SMILES string of the molecule is Cc1noc(C)c1S(=O)(=O)N1CCCN(C(=O)c2ccc(N3CCCC3=O)cc2)CC1. The quantitative estimate of drug-likeness (QED) is 0.711. The molecule has 1 aromatic carbocycles. The summed E-state index contributed by atoms with van der Waals surface area (Å²) in [6.07, 6.45) is 1.94. The van der Waals surface area contributed by atoms with E-state index in [9.17, 15) is 18.0 Å². The van der Waals surface area contributed by atoms with Crippen LogP contribution in [0, 0.1) is 13.8 Å². The fourth-order valence-corrected chi connectivity index (χ4v) is 5.96. The standard InChI is InChI=1S/C21H26N4O5S/c1-15-20(16(2)30-22-15)31(28,29)24-11-4-10-23(13-14-24)21(27)17-6-8-18(9-7-17)25-12-3-5-19(25)26/h6-9H,3-5,10-14H2,1-2H3. The lowest BCUT2D eigenvalue weighted by Crippen LogP contribution is -2.37. The molecule has 166 valence electrons. The molecule has 1 aromatic heterocycles. The molecule has 0 saturated carbocycles. The summed E-state index contributed by atoms with van der Waals surface area (Å²) in [7, 11) is -3.74. The van der Waals surface area contributed by atoms with Crippen LogP contribution in [-0.4, -0.2) is 67.3 Å². The van der Waals surface area contributed by atoms with Gasteiger partial charge in [-0.2, -0.15) is 4.31 Å². The summed E-state index contributed by atoms with van der Waals surface area (Å²) in [5.41, 5.74) is 1.66. The molecule has 2 aromatic rings. The maximum absolute atomic E-state index is 13.1. The molecule has 0 unspecified atom stereocenters. The predicted octanol–water partition coefficient (Wildman–Crippen LogP) is 1.96. The Morgan fingerprint density at radius 3 is 2.35 bits per heavy atom. The van der Waals surface area contributed by atoms with E-state index in [4.69, 9.17) is 4.52 Å². The molecular weight excluding hydrogens is 420 g/mol. The van der Waals surface area contributed by atoms with Gasteiger partial charge in [-0.05, 0) is 51.0 Å². The van der Waals surface area contributed by atoms with Gasteiger partial charge in [0.25, 0.3) is 5.91 Å². The minimum Gasteiger partial charge on any atom is -0.360 e. The summed E-state index contributed by atoms with van der Waals surface area (Å²) >= 11 is 0. The van der Waals surface area contributed by atoms with Crippen LogP contribution in [0.4, 0.5) is 5.69 Å². The molecule has 9 nitrogen and oxygen atoms in total. The first kappa shape index (κ1) is 21.5. The van der Waals surface area contributed by atoms with E-state index in [-0.39, 0.29) is 29.0 Å². The van der Waals surface area contributed by atoms with Crippen molar-refractivity contribution in [1.82, 2.24) is 14.4 Å². The molecule has 0 N–H and O–H groups in total. The highest BCUT2D eigenvalue weighted by Crippen LogP contribution is 2.25. The number of sulfonamides is 1. The smallest absolute Gasteiger partial charge is 0.253 e. The van der Waals surface area contributed by atoms with Crippen molar-refractivity contribution in [3.05, 3.63) is 41.3 Å². The van der Waals surface area contributed by atoms with Crippen molar-refractivity contribution in [2.24, 2.45) is 0 Å². The topological polar surface area (TPSA) is 104 Å². The summed E-state index contributed by atoms with van der Waals surface area (Å²) in [4.78, 5) is 28.4. The zero-order valence-electron chi connectivity index (χ0n) is 17.7. The third-order valence-electron chi connectivity index (χ3n) is 5.81. The largest absolute Gasteiger partial charge is 0.360 e. The number of benzene rings is 1. The molecule has 0 aliphatic carbocycles. The molecule has 0 atom stereocenters. The van der Waals surface area contributed by atoms with Gasteiger partial charge in [0.15, 0.2) is 5.76 Å². The number of carbonyl (C=O) groups is 2. The number of hydrogen-bond donors (Lipinski definition) is 0. The zero-order valence-corrected chi connectivity index (χ0v) is 18.5. The molecule has 2 amide bonds. The predicted molar refractivity (Wildman–Crippen MR) is 113 cm³/mol. The van der Waals surface area contributed by atoms with Gasteiger partial charge in [-0.1, -0.05) is 5.16 Å². The highest BCUT2D eigenvalue weighted by Gasteiger charge is 2.33. The van der Waals surface area contributed by atoms with Crippen molar-refractivity contribution in [2.75, 3.05) is 37.6 Å². The number of anilines is 1. The van der Waals surface area contributed by atoms with E-state index in [1.165, 1.54) is 4.31 Å². The molecule has 0 radical (unpaired) electrons. The van der Waals surface area contributed by atoms with Crippen molar-refractivity contribution in [3.8, 4) is 0 Å². The Morgan fingerprint density at radius 2 is 1.74 bits per heavy atom. The molecular formula is C21H26N4O5S. The number of carbonyl (C=O) groups excluding carboxylic acids is 2. The second kappa shape index (κ2) is 8.43. The number of aryl methyl sites for hydroxylation is 2. The van der Waals surface area contributed by atoms with Crippen LogP contribution >= 0.6 is 0 Å². The van der Waals surface area contributed by atoms with Gasteiger partial charge in [0.05, 0.1) is 0 Å². The van der Waals surface area contributed by atoms with Crippen LogP contribution in [0.25, 0.3) is 0 Å². The van der Waals surface area contributed by atoms with Gasteiger partial charge in [0, 0.05) is 50.4 Å². The lowest BCUT2D eigenvalue weighted by atomic mass is 10.1. The Bertz CT molecular complexity index is 1070. The number of nitrogens with zero attached hydrogens (tertiary/aromatic N) is 4. The Balaban J connectivity index is 1.45. The first-order valence-electron chi connectivity index (χ1n) is 10.4. The number of amides is 2. The highest BCUT2D eigenvalue weighted by molar-refractivity contribution is 7.89. The third kappa shape index (κ3) is 4.09.